The van der Waals surface area contributed by atoms with Gasteiger partial charge in [0.05, 0.1) is 7.11 Å². The number of aliphatic hydroxyl groups is 1. The van der Waals surface area contributed by atoms with Gasteiger partial charge in [0.2, 0.25) is 0 Å². The second kappa shape index (κ2) is 7.28. The lowest BCUT2D eigenvalue weighted by molar-refractivity contribution is 0.108. The summed E-state index contributed by atoms with van der Waals surface area (Å²) in [6.07, 6.45) is 1.49. The highest BCUT2D eigenvalue weighted by atomic mass is 16.5. The lowest BCUT2D eigenvalue weighted by Gasteiger charge is -2.29. The van der Waals surface area contributed by atoms with Crippen molar-refractivity contribution < 1.29 is 19.7 Å². The van der Waals surface area contributed by atoms with Gasteiger partial charge in [0, 0.05) is 19.0 Å². The Morgan fingerprint density at radius 1 is 1.52 bits per heavy atom. The van der Waals surface area contributed by atoms with Crippen molar-refractivity contribution >= 4 is 6.09 Å². The zero-order chi connectivity index (χ0) is 15.2. The van der Waals surface area contributed by atoms with Crippen molar-refractivity contribution in [1.29, 1.82) is 0 Å². The lowest BCUT2D eigenvalue weighted by atomic mass is 9.87. The summed E-state index contributed by atoms with van der Waals surface area (Å²) in [5.74, 6) is 0.890. The summed E-state index contributed by atoms with van der Waals surface area (Å²) in [7, 11) is 1.67. The minimum Gasteiger partial charge on any atom is -0.496 e. The van der Waals surface area contributed by atoms with Gasteiger partial charge in [0.25, 0.3) is 0 Å². The SMILES string of the molecule is COc1cccc2c1CCCC2NC(O)CCNC(=O)O. The summed E-state index contributed by atoms with van der Waals surface area (Å²) in [6.45, 7) is 0.223. The molecule has 0 saturated carbocycles. The molecule has 21 heavy (non-hydrogen) atoms. The molecule has 2 rings (SSSR count). The molecule has 1 amide bonds. The Balaban J connectivity index is 1.98. The van der Waals surface area contributed by atoms with Crippen LogP contribution < -0.4 is 15.4 Å². The number of aliphatic hydroxyl groups excluding tert-OH is 1. The molecular weight excluding hydrogens is 272 g/mol. The van der Waals surface area contributed by atoms with E-state index in [2.05, 4.69) is 16.7 Å². The van der Waals surface area contributed by atoms with Gasteiger partial charge in [-0.3, -0.25) is 5.32 Å². The summed E-state index contributed by atoms with van der Waals surface area (Å²) in [5, 5.41) is 23.9. The molecule has 0 fully saturated rings. The molecule has 1 aliphatic carbocycles. The van der Waals surface area contributed by atoms with Gasteiger partial charge in [-0.1, -0.05) is 12.1 Å². The van der Waals surface area contributed by atoms with Gasteiger partial charge in [-0.25, -0.2) is 4.79 Å². The molecule has 0 aromatic heterocycles. The number of fused-ring (bicyclic) bond motifs is 1. The van der Waals surface area contributed by atoms with Gasteiger partial charge in [-0.15, -0.1) is 0 Å². The molecule has 6 heteroatoms. The summed E-state index contributed by atoms with van der Waals surface area (Å²) in [4.78, 5) is 10.4. The number of hydrogen-bond donors (Lipinski definition) is 4. The Morgan fingerprint density at radius 3 is 3.05 bits per heavy atom. The van der Waals surface area contributed by atoms with Crippen LogP contribution in [0.15, 0.2) is 18.2 Å². The monoisotopic (exact) mass is 294 g/mol. The van der Waals surface area contributed by atoms with Crippen LogP contribution in [0.3, 0.4) is 0 Å². The van der Waals surface area contributed by atoms with Crippen LogP contribution in [0.2, 0.25) is 0 Å². The third-order valence-electron chi connectivity index (χ3n) is 3.77. The van der Waals surface area contributed by atoms with Crippen molar-refractivity contribution in [2.24, 2.45) is 0 Å². The number of benzene rings is 1. The smallest absolute Gasteiger partial charge is 0.404 e. The zero-order valence-corrected chi connectivity index (χ0v) is 12.1. The number of hydrogen-bond acceptors (Lipinski definition) is 4. The Morgan fingerprint density at radius 2 is 2.33 bits per heavy atom. The van der Waals surface area contributed by atoms with Gasteiger partial charge in [-0.2, -0.15) is 0 Å². The van der Waals surface area contributed by atoms with Gasteiger partial charge < -0.3 is 20.3 Å². The van der Waals surface area contributed by atoms with Gasteiger partial charge in [0.1, 0.15) is 12.0 Å². The van der Waals surface area contributed by atoms with E-state index in [1.54, 1.807) is 7.11 Å². The van der Waals surface area contributed by atoms with Crippen LogP contribution >= 0.6 is 0 Å². The fourth-order valence-corrected chi connectivity index (χ4v) is 2.81. The van der Waals surface area contributed by atoms with Crippen LogP contribution in [0.5, 0.6) is 5.75 Å². The first kappa shape index (κ1) is 15.6. The summed E-state index contributed by atoms with van der Waals surface area (Å²) >= 11 is 0. The molecule has 4 N–H and O–H groups in total. The third kappa shape index (κ3) is 4.09. The Labute approximate surface area is 124 Å². The molecule has 2 unspecified atom stereocenters. The highest BCUT2D eigenvalue weighted by Crippen LogP contribution is 2.35. The van der Waals surface area contributed by atoms with Crippen molar-refractivity contribution in [1.82, 2.24) is 10.6 Å². The number of ether oxygens (including phenoxy) is 1. The predicted octanol–water partition coefficient (Wildman–Crippen LogP) is 1.64. The zero-order valence-electron chi connectivity index (χ0n) is 12.1. The fraction of sp³-hybridized carbons (Fsp3) is 0.533. The Bertz CT molecular complexity index is 493. The van der Waals surface area contributed by atoms with E-state index in [0.29, 0.717) is 6.42 Å². The average Bonchev–Trinajstić information content (AvgIpc) is 2.46. The maximum absolute atomic E-state index is 10.4. The first-order valence-electron chi connectivity index (χ1n) is 7.18. The lowest BCUT2D eigenvalue weighted by Crippen LogP contribution is -2.37. The maximum atomic E-state index is 10.4. The molecule has 116 valence electrons. The minimum absolute atomic E-state index is 0.0729. The topological polar surface area (TPSA) is 90.8 Å². The quantitative estimate of drug-likeness (QED) is 0.599. The van der Waals surface area contributed by atoms with Crippen molar-refractivity contribution in [3.8, 4) is 5.75 Å². The van der Waals surface area contributed by atoms with Crippen LogP contribution in [0, 0.1) is 0 Å². The fourth-order valence-electron chi connectivity index (χ4n) is 2.81. The molecular formula is C15H22N2O4. The molecule has 0 aliphatic heterocycles. The van der Waals surface area contributed by atoms with E-state index in [1.807, 2.05) is 12.1 Å². The second-order valence-electron chi connectivity index (χ2n) is 5.18. The third-order valence-corrected chi connectivity index (χ3v) is 3.77. The van der Waals surface area contributed by atoms with Gasteiger partial charge in [0.15, 0.2) is 0 Å². The highest BCUT2D eigenvalue weighted by Gasteiger charge is 2.24. The number of amides is 1. The van der Waals surface area contributed by atoms with Gasteiger partial charge in [-0.05, 0) is 36.5 Å². The molecule has 1 aromatic rings. The van der Waals surface area contributed by atoms with E-state index < -0.39 is 12.3 Å². The predicted molar refractivity (Wildman–Crippen MR) is 78.5 cm³/mol. The molecule has 0 spiro atoms. The number of carboxylic acid groups (broad SMARTS) is 1. The number of methoxy groups -OCH3 is 1. The second-order valence-corrected chi connectivity index (χ2v) is 5.18. The summed E-state index contributed by atoms with van der Waals surface area (Å²) in [6, 6.07) is 6.03. The Kier molecular flexibility index (Phi) is 5.41. The van der Waals surface area contributed by atoms with Crippen molar-refractivity contribution in [2.75, 3.05) is 13.7 Å². The normalized spacial score (nSPS) is 18.7. The van der Waals surface area contributed by atoms with E-state index >= 15 is 0 Å². The molecule has 0 bridgehead atoms. The standard InChI is InChI=1S/C15H22N2O4/c1-21-13-7-3-4-10-11(13)5-2-6-12(10)17-14(18)8-9-16-15(19)20/h3-4,7,12,14,16-18H,2,5-6,8-9H2,1H3,(H,19,20). The minimum atomic E-state index is -1.07. The average molecular weight is 294 g/mol. The first-order valence-corrected chi connectivity index (χ1v) is 7.18. The Hall–Kier alpha value is -1.79. The molecule has 1 aliphatic rings. The van der Waals surface area contributed by atoms with Crippen LogP contribution in [0.25, 0.3) is 0 Å². The van der Waals surface area contributed by atoms with Crippen LogP contribution in [0.4, 0.5) is 4.79 Å². The summed E-state index contributed by atoms with van der Waals surface area (Å²) < 4.78 is 5.39. The number of nitrogens with one attached hydrogen (secondary N) is 2. The molecule has 1 aromatic carbocycles. The van der Waals surface area contributed by atoms with E-state index in [1.165, 1.54) is 5.56 Å². The number of carbonyl (C=O) groups is 1. The van der Waals surface area contributed by atoms with Crippen molar-refractivity contribution in [2.45, 2.75) is 38.0 Å². The largest absolute Gasteiger partial charge is 0.496 e. The van der Waals surface area contributed by atoms with E-state index in [4.69, 9.17) is 9.84 Å². The van der Waals surface area contributed by atoms with E-state index in [0.717, 1.165) is 30.6 Å². The van der Waals surface area contributed by atoms with Crippen LogP contribution in [-0.2, 0) is 6.42 Å². The van der Waals surface area contributed by atoms with E-state index in [-0.39, 0.29) is 12.6 Å². The van der Waals surface area contributed by atoms with Crippen LogP contribution in [-0.4, -0.2) is 36.2 Å². The van der Waals surface area contributed by atoms with Crippen molar-refractivity contribution in [3.05, 3.63) is 29.3 Å². The summed E-state index contributed by atoms with van der Waals surface area (Å²) in [5.41, 5.74) is 2.35. The van der Waals surface area contributed by atoms with Crippen molar-refractivity contribution in [3.63, 3.8) is 0 Å². The molecule has 0 heterocycles. The van der Waals surface area contributed by atoms with Gasteiger partial charge >= 0.3 is 6.09 Å². The molecule has 2 atom stereocenters. The molecule has 0 radical (unpaired) electrons. The van der Waals surface area contributed by atoms with E-state index in [9.17, 15) is 9.90 Å². The maximum Gasteiger partial charge on any atom is 0.404 e. The molecule has 0 saturated heterocycles. The number of rotatable bonds is 6. The first-order chi connectivity index (χ1) is 10.1. The molecule has 6 nitrogen and oxygen atoms in total. The van der Waals surface area contributed by atoms with Crippen LogP contribution in [0.1, 0.15) is 36.4 Å². The highest BCUT2D eigenvalue weighted by molar-refractivity contribution is 5.64.